The van der Waals surface area contributed by atoms with Gasteiger partial charge < -0.3 is 10.2 Å². The molecule has 0 saturated carbocycles. The molecule has 0 unspecified atom stereocenters. The molecular formula is C20H20N4O2. The number of carbonyl (C=O) groups is 2. The van der Waals surface area contributed by atoms with Gasteiger partial charge in [-0.05, 0) is 37.1 Å². The summed E-state index contributed by atoms with van der Waals surface area (Å²) in [6, 6.07) is 11.9. The summed E-state index contributed by atoms with van der Waals surface area (Å²) >= 11 is 0. The molecule has 0 spiro atoms. The normalized spacial score (nSPS) is 14.2. The molecule has 0 radical (unpaired) electrons. The van der Waals surface area contributed by atoms with Crippen LogP contribution in [0.3, 0.4) is 0 Å². The lowest BCUT2D eigenvalue weighted by Gasteiger charge is -2.20. The molecule has 0 bridgehead atoms. The topological polar surface area (TPSA) is 86.1 Å². The standard InChI is InChI=1S/C20H20N4O2/c21-14-16-7-3-4-8-17(16)23-19(25)18-13-15(9-10-22-18)20(26)24-11-5-1-2-6-12-24/h3-4,7-10,13H,1-2,5-6,11-12H2,(H,23,25). The van der Waals surface area contributed by atoms with Gasteiger partial charge in [-0.3, -0.25) is 14.6 Å². The first-order valence-electron chi connectivity index (χ1n) is 8.75. The fraction of sp³-hybridized carbons (Fsp3) is 0.300. The highest BCUT2D eigenvalue weighted by molar-refractivity contribution is 6.05. The van der Waals surface area contributed by atoms with Crippen LogP contribution in [0.4, 0.5) is 5.69 Å². The third-order valence-corrected chi connectivity index (χ3v) is 4.43. The molecule has 2 heterocycles. The number of hydrogen-bond donors (Lipinski definition) is 1. The Labute approximate surface area is 152 Å². The van der Waals surface area contributed by atoms with Gasteiger partial charge >= 0.3 is 0 Å². The molecule has 2 amide bonds. The van der Waals surface area contributed by atoms with Gasteiger partial charge in [0.05, 0.1) is 11.3 Å². The number of pyridine rings is 1. The van der Waals surface area contributed by atoms with Crippen molar-refractivity contribution in [2.75, 3.05) is 18.4 Å². The average Bonchev–Trinajstić information content (AvgIpc) is 2.97. The second-order valence-electron chi connectivity index (χ2n) is 6.25. The van der Waals surface area contributed by atoms with Crippen molar-refractivity contribution in [2.45, 2.75) is 25.7 Å². The molecule has 1 aliphatic heterocycles. The molecule has 2 aromatic rings. The van der Waals surface area contributed by atoms with E-state index in [1.54, 1.807) is 30.3 Å². The van der Waals surface area contributed by atoms with Crippen LogP contribution in [0.5, 0.6) is 0 Å². The van der Waals surface area contributed by atoms with Crippen LogP contribution in [0.2, 0.25) is 0 Å². The Hall–Kier alpha value is -3.20. The number of likely N-dealkylation sites (tertiary alicyclic amines) is 1. The monoisotopic (exact) mass is 348 g/mol. The van der Waals surface area contributed by atoms with Crippen molar-refractivity contribution < 1.29 is 9.59 Å². The lowest BCUT2D eigenvalue weighted by Crippen LogP contribution is -2.32. The second-order valence-corrected chi connectivity index (χ2v) is 6.25. The van der Waals surface area contributed by atoms with Gasteiger partial charge in [-0.25, -0.2) is 0 Å². The molecular weight excluding hydrogens is 328 g/mol. The molecule has 1 aromatic carbocycles. The number of nitriles is 1. The van der Waals surface area contributed by atoms with Gasteiger partial charge in [0.15, 0.2) is 0 Å². The Morgan fingerprint density at radius 2 is 1.81 bits per heavy atom. The van der Waals surface area contributed by atoms with E-state index in [-0.39, 0.29) is 11.6 Å². The lowest BCUT2D eigenvalue weighted by atomic mass is 10.1. The predicted octanol–water partition coefficient (Wildman–Crippen LogP) is 3.22. The number of anilines is 1. The minimum absolute atomic E-state index is 0.0687. The molecule has 1 aliphatic rings. The van der Waals surface area contributed by atoms with Crippen LogP contribution in [0, 0.1) is 11.3 Å². The molecule has 0 aliphatic carbocycles. The van der Waals surface area contributed by atoms with Gasteiger partial charge in [-0.1, -0.05) is 25.0 Å². The fourth-order valence-electron chi connectivity index (χ4n) is 3.02. The Bertz CT molecular complexity index is 849. The van der Waals surface area contributed by atoms with E-state index >= 15 is 0 Å². The van der Waals surface area contributed by atoms with E-state index in [4.69, 9.17) is 5.26 Å². The maximum absolute atomic E-state index is 12.7. The molecule has 3 rings (SSSR count). The van der Waals surface area contributed by atoms with E-state index in [1.807, 2.05) is 11.0 Å². The summed E-state index contributed by atoms with van der Waals surface area (Å²) in [6.45, 7) is 1.50. The zero-order valence-corrected chi connectivity index (χ0v) is 14.4. The zero-order valence-electron chi connectivity index (χ0n) is 14.4. The Balaban J connectivity index is 1.77. The Kier molecular flexibility index (Phi) is 5.59. The van der Waals surface area contributed by atoms with Crippen molar-refractivity contribution >= 4 is 17.5 Å². The Morgan fingerprint density at radius 3 is 2.54 bits per heavy atom. The molecule has 1 fully saturated rings. The zero-order chi connectivity index (χ0) is 18.4. The van der Waals surface area contributed by atoms with E-state index in [0.717, 1.165) is 38.8 Å². The number of amides is 2. The summed E-state index contributed by atoms with van der Waals surface area (Å²) in [5.41, 5.74) is 1.41. The molecule has 6 nitrogen and oxygen atoms in total. The largest absolute Gasteiger partial charge is 0.339 e. The van der Waals surface area contributed by atoms with E-state index in [9.17, 15) is 9.59 Å². The van der Waals surface area contributed by atoms with E-state index in [0.29, 0.717) is 16.8 Å². The highest BCUT2D eigenvalue weighted by atomic mass is 16.2. The first-order chi connectivity index (χ1) is 12.7. The summed E-state index contributed by atoms with van der Waals surface area (Å²) in [4.78, 5) is 31.1. The van der Waals surface area contributed by atoms with Crippen LogP contribution in [0.25, 0.3) is 0 Å². The molecule has 6 heteroatoms. The number of para-hydroxylation sites is 1. The van der Waals surface area contributed by atoms with Crippen LogP contribution >= 0.6 is 0 Å². The summed E-state index contributed by atoms with van der Waals surface area (Å²) in [7, 11) is 0. The number of rotatable bonds is 3. The molecule has 1 N–H and O–H groups in total. The van der Waals surface area contributed by atoms with Crippen LogP contribution in [-0.4, -0.2) is 34.8 Å². The summed E-state index contributed by atoms with van der Waals surface area (Å²) in [6.07, 6.45) is 5.78. The van der Waals surface area contributed by atoms with Gasteiger partial charge in [0.25, 0.3) is 11.8 Å². The SMILES string of the molecule is N#Cc1ccccc1NC(=O)c1cc(C(=O)N2CCCCCC2)ccn1. The van der Waals surface area contributed by atoms with Crippen molar-refractivity contribution in [1.29, 1.82) is 5.26 Å². The van der Waals surface area contributed by atoms with Crippen molar-refractivity contribution in [3.8, 4) is 6.07 Å². The number of nitrogens with zero attached hydrogens (tertiary/aromatic N) is 3. The van der Waals surface area contributed by atoms with Crippen LogP contribution in [0.1, 0.15) is 52.1 Å². The highest BCUT2D eigenvalue weighted by Gasteiger charge is 2.19. The Morgan fingerprint density at radius 1 is 1.08 bits per heavy atom. The van der Waals surface area contributed by atoms with Gasteiger partial charge in [0.1, 0.15) is 11.8 Å². The van der Waals surface area contributed by atoms with E-state index in [1.165, 1.54) is 12.3 Å². The number of carbonyl (C=O) groups excluding carboxylic acids is 2. The first-order valence-corrected chi connectivity index (χ1v) is 8.75. The number of hydrogen-bond acceptors (Lipinski definition) is 4. The molecule has 132 valence electrons. The second kappa shape index (κ2) is 8.26. The van der Waals surface area contributed by atoms with E-state index in [2.05, 4.69) is 10.3 Å². The average molecular weight is 348 g/mol. The van der Waals surface area contributed by atoms with Crippen molar-refractivity contribution in [3.05, 3.63) is 59.4 Å². The van der Waals surface area contributed by atoms with Gasteiger partial charge in [-0.15, -0.1) is 0 Å². The third kappa shape index (κ3) is 4.06. The smallest absolute Gasteiger partial charge is 0.274 e. The number of nitrogens with one attached hydrogen (secondary N) is 1. The number of benzene rings is 1. The first kappa shape index (κ1) is 17.6. The van der Waals surface area contributed by atoms with Crippen LogP contribution in [0.15, 0.2) is 42.6 Å². The van der Waals surface area contributed by atoms with Crippen molar-refractivity contribution in [2.24, 2.45) is 0 Å². The van der Waals surface area contributed by atoms with Gasteiger partial charge in [0.2, 0.25) is 0 Å². The van der Waals surface area contributed by atoms with Crippen LogP contribution in [-0.2, 0) is 0 Å². The van der Waals surface area contributed by atoms with Gasteiger partial charge in [0, 0.05) is 24.8 Å². The van der Waals surface area contributed by atoms with Crippen molar-refractivity contribution in [1.82, 2.24) is 9.88 Å². The quantitative estimate of drug-likeness (QED) is 0.923. The molecule has 26 heavy (non-hydrogen) atoms. The maximum atomic E-state index is 12.7. The third-order valence-electron chi connectivity index (χ3n) is 4.43. The fourth-order valence-corrected chi connectivity index (χ4v) is 3.02. The molecule has 0 atom stereocenters. The maximum Gasteiger partial charge on any atom is 0.274 e. The summed E-state index contributed by atoms with van der Waals surface area (Å²) in [5.74, 6) is -0.515. The van der Waals surface area contributed by atoms with Crippen LogP contribution < -0.4 is 5.32 Å². The highest BCUT2D eigenvalue weighted by Crippen LogP contribution is 2.16. The van der Waals surface area contributed by atoms with E-state index < -0.39 is 5.91 Å². The predicted molar refractivity (Wildman–Crippen MR) is 97.7 cm³/mol. The van der Waals surface area contributed by atoms with Crippen molar-refractivity contribution in [3.63, 3.8) is 0 Å². The lowest BCUT2D eigenvalue weighted by molar-refractivity contribution is 0.0761. The summed E-state index contributed by atoms with van der Waals surface area (Å²) < 4.78 is 0. The summed E-state index contributed by atoms with van der Waals surface area (Å²) in [5, 5.41) is 11.8. The minimum Gasteiger partial charge on any atom is -0.339 e. The number of aromatic nitrogens is 1. The van der Waals surface area contributed by atoms with Gasteiger partial charge in [-0.2, -0.15) is 5.26 Å². The molecule has 1 aromatic heterocycles. The minimum atomic E-state index is -0.446. The molecule has 1 saturated heterocycles.